The van der Waals surface area contributed by atoms with Gasteiger partial charge in [0.25, 0.3) is 0 Å². The highest BCUT2D eigenvalue weighted by Gasteiger charge is 2.18. The van der Waals surface area contributed by atoms with Crippen LogP contribution in [-0.4, -0.2) is 31.3 Å². The summed E-state index contributed by atoms with van der Waals surface area (Å²) in [6, 6.07) is 13.5. The zero-order valence-electron chi connectivity index (χ0n) is 14.5. The lowest BCUT2D eigenvalue weighted by Crippen LogP contribution is -2.22. The maximum Gasteiger partial charge on any atom is 0.233 e. The van der Waals surface area contributed by atoms with Crippen LogP contribution in [0.3, 0.4) is 0 Å². The molecular formula is C21H21NO3. The molecule has 0 fully saturated rings. The van der Waals surface area contributed by atoms with Gasteiger partial charge in [-0.15, -0.1) is 6.42 Å². The molecule has 0 aliphatic heterocycles. The Labute approximate surface area is 148 Å². The van der Waals surface area contributed by atoms with Crippen LogP contribution in [0.25, 0.3) is 0 Å². The number of ether oxygens (including phenoxy) is 1. The van der Waals surface area contributed by atoms with E-state index in [9.17, 15) is 9.59 Å². The van der Waals surface area contributed by atoms with E-state index >= 15 is 0 Å². The van der Waals surface area contributed by atoms with E-state index in [-0.39, 0.29) is 6.61 Å². The lowest BCUT2D eigenvalue weighted by atomic mass is 10.0. The monoisotopic (exact) mass is 335 g/mol. The molecule has 0 unspecified atom stereocenters. The van der Waals surface area contributed by atoms with Crippen molar-refractivity contribution >= 4 is 17.3 Å². The Hall–Kier alpha value is -3.06. The van der Waals surface area contributed by atoms with Gasteiger partial charge in [-0.25, -0.2) is 0 Å². The molecule has 25 heavy (non-hydrogen) atoms. The first-order valence-corrected chi connectivity index (χ1v) is 8.21. The van der Waals surface area contributed by atoms with E-state index < -0.39 is 11.6 Å². The normalized spacial score (nSPS) is 9.96. The average molecular weight is 335 g/mol. The third-order valence-corrected chi connectivity index (χ3v) is 3.90. The van der Waals surface area contributed by atoms with Crippen molar-refractivity contribution in [3.63, 3.8) is 0 Å². The van der Waals surface area contributed by atoms with Gasteiger partial charge >= 0.3 is 0 Å². The minimum Gasteiger partial charge on any atom is -0.481 e. The second-order valence-electron chi connectivity index (χ2n) is 5.39. The van der Waals surface area contributed by atoms with Crippen molar-refractivity contribution < 1.29 is 14.3 Å². The van der Waals surface area contributed by atoms with Crippen LogP contribution in [0.1, 0.15) is 34.6 Å². The molecule has 0 aromatic heterocycles. The van der Waals surface area contributed by atoms with E-state index in [1.165, 1.54) is 0 Å². The van der Waals surface area contributed by atoms with Gasteiger partial charge in [0.1, 0.15) is 12.4 Å². The Balaban J connectivity index is 2.11. The number of carbonyl (C=O) groups is 2. The summed E-state index contributed by atoms with van der Waals surface area (Å²) in [4.78, 5) is 26.9. The van der Waals surface area contributed by atoms with Crippen molar-refractivity contribution in [2.45, 2.75) is 13.8 Å². The van der Waals surface area contributed by atoms with Crippen molar-refractivity contribution in [3.8, 4) is 18.1 Å². The Kier molecular flexibility index (Phi) is 6.36. The van der Waals surface area contributed by atoms with Gasteiger partial charge in [0.05, 0.1) is 0 Å². The molecule has 0 saturated heterocycles. The standard InChI is InChI=1S/C21H21NO3/c1-4-15-25-19-13-9-17(10-14-19)21(24)20(23)16-7-11-18(12-8-16)22(5-2)6-3/h1,7-14H,5-6,15H2,2-3H3. The average Bonchev–Trinajstić information content (AvgIpc) is 2.67. The predicted octanol–water partition coefficient (Wildman–Crippen LogP) is 3.61. The molecule has 0 radical (unpaired) electrons. The van der Waals surface area contributed by atoms with Gasteiger partial charge in [0, 0.05) is 29.9 Å². The fraction of sp³-hybridized carbons (Fsp3) is 0.238. The summed E-state index contributed by atoms with van der Waals surface area (Å²) < 4.78 is 5.25. The number of nitrogens with zero attached hydrogens (tertiary/aromatic N) is 1. The highest BCUT2D eigenvalue weighted by atomic mass is 16.5. The molecule has 0 heterocycles. The quantitative estimate of drug-likeness (QED) is 0.420. The molecule has 0 saturated carbocycles. The molecule has 4 heteroatoms. The topological polar surface area (TPSA) is 46.6 Å². The summed E-state index contributed by atoms with van der Waals surface area (Å²) in [7, 11) is 0. The Morgan fingerprint density at radius 2 is 1.40 bits per heavy atom. The second kappa shape index (κ2) is 8.70. The van der Waals surface area contributed by atoms with Gasteiger partial charge in [0.15, 0.2) is 0 Å². The van der Waals surface area contributed by atoms with Crippen LogP contribution in [0.5, 0.6) is 5.75 Å². The highest BCUT2D eigenvalue weighted by Crippen LogP contribution is 2.18. The molecule has 0 spiro atoms. The van der Waals surface area contributed by atoms with Gasteiger partial charge < -0.3 is 9.64 Å². The van der Waals surface area contributed by atoms with Crippen molar-refractivity contribution in [1.82, 2.24) is 0 Å². The zero-order chi connectivity index (χ0) is 18.2. The third-order valence-electron chi connectivity index (χ3n) is 3.90. The maximum atomic E-state index is 12.4. The first kappa shape index (κ1) is 18.3. The minimum atomic E-state index is -0.543. The predicted molar refractivity (Wildman–Crippen MR) is 99.4 cm³/mol. The number of ketones is 2. The van der Waals surface area contributed by atoms with Crippen LogP contribution in [0.4, 0.5) is 5.69 Å². The Bertz CT molecular complexity index is 766. The van der Waals surface area contributed by atoms with Crippen molar-refractivity contribution in [2.24, 2.45) is 0 Å². The van der Waals surface area contributed by atoms with E-state index in [0.717, 1.165) is 18.8 Å². The fourth-order valence-electron chi connectivity index (χ4n) is 2.50. The van der Waals surface area contributed by atoms with Crippen LogP contribution in [0.15, 0.2) is 48.5 Å². The number of terminal acetylenes is 1. The van der Waals surface area contributed by atoms with Crippen LogP contribution < -0.4 is 9.64 Å². The molecule has 2 aromatic carbocycles. The van der Waals surface area contributed by atoms with Crippen molar-refractivity contribution in [1.29, 1.82) is 0 Å². The number of hydrogen-bond donors (Lipinski definition) is 0. The second-order valence-corrected chi connectivity index (χ2v) is 5.39. The van der Waals surface area contributed by atoms with Gasteiger partial charge in [-0.1, -0.05) is 5.92 Å². The maximum absolute atomic E-state index is 12.4. The molecule has 0 amide bonds. The van der Waals surface area contributed by atoms with E-state index in [1.807, 2.05) is 12.1 Å². The van der Waals surface area contributed by atoms with Crippen LogP contribution >= 0.6 is 0 Å². The lowest BCUT2D eigenvalue weighted by molar-refractivity contribution is 0.0817. The molecule has 128 valence electrons. The number of Topliss-reactive ketones (excluding diaryl/α,β-unsaturated/α-hetero) is 2. The first-order valence-electron chi connectivity index (χ1n) is 8.21. The molecule has 0 atom stereocenters. The number of carbonyl (C=O) groups excluding carboxylic acids is 2. The van der Waals surface area contributed by atoms with Gasteiger partial charge in [-0.05, 0) is 62.4 Å². The van der Waals surface area contributed by atoms with Crippen LogP contribution in [-0.2, 0) is 0 Å². The summed E-state index contributed by atoms with van der Waals surface area (Å²) in [6.45, 7) is 6.07. The van der Waals surface area contributed by atoms with Gasteiger partial charge in [-0.2, -0.15) is 0 Å². The largest absolute Gasteiger partial charge is 0.481 e. The molecule has 4 nitrogen and oxygen atoms in total. The number of hydrogen-bond acceptors (Lipinski definition) is 4. The number of rotatable bonds is 8. The summed E-state index contributed by atoms with van der Waals surface area (Å²) in [6.07, 6.45) is 5.13. The molecule has 0 N–H and O–H groups in total. The summed E-state index contributed by atoms with van der Waals surface area (Å²) >= 11 is 0. The summed E-state index contributed by atoms with van der Waals surface area (Å²) in [5.74, 6) is 1.86. The lowest BCUT2D eigenvalue weighted by Gasteiger charge is -2.20. The van der Waals surface area contributed by atoms with Gasteiger partial charge in [0.2, 0.25) is 11.6 Å². The smallest absolute Gasteiger partial charge is 0.233 e. The molecule has 0 aliphatic carbocycles. The molecule has 2 aromatic rings. The zero-order valence-corrected chi connectivity index (χ0v) is 14.5. The van der Waals surface area contributed by atoms with Crippen LogP contribution in [0, 0.1) is 12.3 Å². The first-order chi connectivity index (χ1) is 12.1. The van der Waals surface area contributed by atoms with E-state index in [1.54, 1.807) is 36.4 Å². The van der Waals surface area contributed by atoms with Crippen molar-refractivity contribution in [3.05, 3.63) is 59.7 Å². The minimum absolute atomic E-state index is 0.158. The Morgan fingerprint density at radius 3 is 1.84 bits per heavy atom. The third kappa shape index (κ3) is 4.48. The SMILES string of the molecule is C#CCOc1ccc(C(=O)C(=O)c2ccc(N(CC)CC)cc2)cc1. The van der Waals surface area contributed by atoms with Crippen molar-refractivity contribution in [2.75, 3.05) is 24.6 Å². The van der Waals surface area contributed by atoms with Crippen LogP contribution in [0.2, 0.25) is 0 Å². The Morgan fingerprint density at radius 1 is 0.920 bits per heavy atom. The molecule has 0 aliphatic rings. The fourth-order valence-corrected chi connectivity index (χ4v) is 2.50. The highest BCUT2D eigenvalue weighted by molar-refractivity contribution is 6.49. The number of anilines is 1. The van der Waals surface area contributed by atoms with E-state index in [0.29, 0.717) is 16.9 Å². The van der Waals surface area contributed by atoms with E-state index in [2.05, 4.69) is 24.7 Å². The van der Waals surface area contributed by atoms with E-state index in [4.69, 9.17) is 11.2 Å². The number of benzene rings is 2. The molecule has 2 rings (SSSR count). The summed E-state index contributed by atoms with van der Waals surface area (Å²) in [5.41, 5.74) is 1.74. The molecular weight excluding hydrogens is 314 g/mol. The molecule has 0 bridgehead atoms. The van der Waals surface area contributed by atoms with Gasteiger partial charge in [-0.3, -0.25) is 9.59 Å². The summed E-state index contributed by atoms with van der Waals surface area (Å²) in [5, 5.41) is 0.